The zero-order chi connectivity index (χ0) is 22.2. The molecule has 0 aliphatic carbocycles. The summed E-state index contributed by atoms with van der Waals surface area (Å²) in [5, 5.41) is 3.10. The molecule has 158 valence electrons. The van der Waals surface area contributed by atoms with Gasteiger partial charge >= 0.3 is 12.0 Å². The Balaban J connectivity index is 1.62. The molecule has 0 spiro atoms. The van der Waals surface area contributed by atoms with Crippen molar-refractivity contribution < 1.29 is 9.47 Å². The van der Waals surface area contributed by atoms with Crippen molar-refractivity contribution in [3.8, 4) is 23.5 Å². The maximum Gasteiger partial charge on any atom is 0.327 e. The van der Waals surface area contributed by atoms with Gasteiger partial charge in [-0.15, -0.1) is 0 Å². The Morgan fingerprint density at radius 2 is 0.906 bits per heavy atom. The van der Waals surface area contributed by atoms with E-state index in [1.54, 1.807) is 12.1 Å². The first-order valence-corrected chi connectivity index (χ1v) is 10.4. The van der Waals surface area contributed by atoms with E-state index in [2.05, 4.69) is 29.9 Å². The second-order valence-electron chi connectivity index (χ2n) is 6.32. The van der Waals surface area contributed by atoms with Crippen molar-refractivity contribution in [3.63, 3.8) is 0 Å². The van der Waals surface area contributed by atoms with Gasteiger partial charge in [-0.25, -0.2) is 0 Å². The van der Waals surface area contributed by atoms with Gasteiger partial charge in [-0.3, -0.25) is 0 Å². The predicted molar refractivity (Wildman–Crippen MR) is 121 cm³/mol. The number of benzene rings is 3. The summed E-state index contributed by atoms with van der Waals surface area (Å²) in [7, 11) is 0. The minimum absolute atomic E-state index is 0.0263. The van der Waals surface area contributed by atoms with Crippen molar-refractivity contribution >= 4 is 67.9 Å². The zero-order valence-corrected chi connectivity index (χ0v) is 18.7. The lowest BCUT2D eigenvalue weighted by molar-refractivity contribution is 0.443. The second-order valence-corrected chi connectivity index (χ2v) is 7.68. The molecule has 2 heterocycles. The first kappa shape index (κ1) is 20.8. The van der Waals surface area contributed by atoms with Gasteiger partial charge in [-0.2, -0.15) is 29.9 Å². The molecule has 5 rings (SSSR count). The molecule has 12 heteroatoms. The van der Waals surface area contributed by atoms with E-state index in [0.717, 1.165) is 21.5 Å². The highest BCUT2D eigenvalue weighted by atomic mass is 35.5. The Hall–Kier alpha value is -3.04. The molecule has 0 atom stereocenters. The molecular weight excluding hydrogens is 498 g/mol. The third-order valence-corrected chi connectivity index (χ3v) is 5.00. The van der Waals surface area contributed by atoms with E-state index in [-0.39, 0.29) is 33.2 Å². The van der Waals surface area contributed by atoms with E-state index in [0.29, 0.717) is 11.5 Å². The highest BCUT2D eigenvalue weighted by Gasteiger charge is 2.13. The van der Waals surface area contributed by atoms with Gasteiger partial charge in [0.25, 0.3) is 0 Å². The summed E-state index contributed by atoms with van der Waals surface area (Å²) in [5.74, 6) is 0.979. The fourth-order valence-corrected chi connectivity index (χ4v) is 3.77. The summed E-state index contributed by atoms with van der Waals surface area (Å²) < 4.78 is 11.7. The van der Waals surface area contributed by atoms with Crippen LogP contribution >= 0.6 is 46.4 Å². The molecule has 8 nitrogen and oxygen atoms in total. The predicted octanol–water partition coefficient (Wildman–Crippen LogP) is 6.56. The number of ether oxygens (including phenoxy) is 2. The Kier molecular flexibility index (Phi) is 5.52. The molecule has 0 radical (unpaired) electrons. The number of aromatic nitrogens is 6. The van der Waals surface area contributed by atoms with Gasteiger partial charge in [0.15, 0.2) is 0 Å². The lowest BCUT2D eigenvalue weighted by Crippen LogP contribution is -1.96. The molecule has 0 N–H and O–H groups in total. The maximum atomic E-state index is 5.85. The minimum Gasteiger partial charge on any atom is -0.423 e. The monoisotopic (exact) mass is 504 g/mol. The van der Waals surface area contributed by atoms with Gasteiger partial charge in [0.05, 0.1) is 0 Å². The lowest BCUT2D eigenvalue weighted by atomic mass is 10.0. The molecule has 3 aromatic carbocycles. The van der Waals surface area contributed by atoms with E-state index in [4.69, 9.17) is 55.9 Å². The number of halogens is 4. The third kappa shape index (κ3) is 4.31. The molecule has 0 saturated heterocycles. The van der Waals surface area contributed by atoms with Gasteiger partial charge < -0.3 is 9.47 Å². The Bertz CT molecular complexity index is 1350. The highest BCUT2D eigenvalue weighted by Crippen LogP contribution is 2.36. The molecule has 0 bridgehead atoms. The Labute approximate surface area is 200 Å². The molecule has 32 heavy (non-hydrogen) atoms. The third-order valence-electron chi connectivity index (χ3n) is 4.32. The summed E-state index contributed by atoms with van der Waals surface area (Å²) in [6, 6.07) is 15.0. The standard InChI is InChI=1S/C20H8Cl4N6O2/c21-15-25-16(22)28-19(27-15)31-13-5-1-3-9-7-10-4-2-6-14(12(10)8-11(9)13)32-20-29-17(23)26-18(24)30-20/h1-8H. The van der Waals surface area contributed by atoms with Crippen LogP contribution in [-0.4, -0.2) is 29.9 Å². The topological polar surface area (TPSA) is 95.8 Å². The molecule has 0 unspecified atom stereocenters. The number of nitrogens with zero attached hydrogens (tertiary/aromatic N) is 6. The summed E-state index contributed by atoms with van der Waals surface area (Å²) in [6.45, 7) is 0. The van der Waals surface area contributed by atoms with Crippen molar-refractivity contribution in [1.82, 2.24) is 29.9 Å². The van der Waals surface area contributed by atoms with E-state index in [1.165, 1.54) is 0 Å². The number of hydrogen-bond acceptors (Lipinski definition) is 8. The number of fused-ring (bicyclic) bond motifs is 2. The fourth-order valence-electron chi connectivity index (χ4n) is 3.08. The van der Waals surface area contributed by atoms with Crippen LogP contribution in [0, 0.1) is 0 Å². The normalized spacial score (nSPS) is 11.1. The quantitative estimate of drug-likeness (QED) is 0.253. The van der Waals surface area contributed by atoms with Gasteiger partial charge in [0.2, 0.25) is 21.1 Å². The second kappa shape index (κ2) is 8.48. The average Bonchev–Trinajstić information content (AvgIpc) is 2.71. The van der Waals surface area contributed by atoms with E-state index in [9.17, 15) is 0 Å². The summed E-state index contributed by atoms with van der Waals surface area (Å²) in [5.41, 5.74) is 0. The number of hydrogen-bond donors (Lipinski definition) is 0. The minimum atomic E-state index is -0.0731. The van der Waals surface area contributed by atoms with Crippen LogP contribution in [0.4, 0.5) is 0 Å². The van der Waals surface area contributed by atoms with Crippen LogP contribution in [0.25, 0.3) is 21.5 Å². The van der Waals surface area contributed by atoms with E-state index < -0.39 is 0 Å². The fraction of sp³-hybridized carbons (Fsp3) is 0. The molecule has 5 aromatic rings. The van der Waals surface area contributed by atoms with Crippen molar-refractivity contribution in [2.45, 2.75) is 0 Å². The lowest BCUT2D eigenvalue weighted by Gasteiger charge is -2.11. The Morgan fingerprint density at radius 3 is 1.31 bits per heavy atom. The molecule has 0 saturated carbocycles. The highest BCUT2D eigenvalue weighted by molar-refractivity contribution is 6.31. The van der Waals surface area contributed by atoms with Gasteiger partial charge in [-0.1, -0.05) is 24.3 Å². The van der Waals surface area contributed by atoms with Crippen LogP contribution < -0.4 is 9.47 Å². The smallest absolute Gasteiger partial charge is 0.327 e. The van der Waals surface area contributed by atoms with Gasteiger partial charge in [0, 0.05) is 10.8 Å². The summed E-state index contributed by atoms with van der Waals surface area (Å²) >= 11 is 23.4. The maximum absolute atomic E-state index is 5.85. The number of rotatable bonds is 4. The molecule has 2 aromatic heterocycles. The van der Waals surface area contributed by atoms with Gasteiger partial charge in [-0.05, 0) is 81.4 Å². The summed E-state index contributed by atoms with van der Waals surface area (Å²) in [4.78, 5) is 23.3. The van der Waals surface area contributed by atoms with Crippen molar-refractivity contribution in [3.05, 3.63) is 69.7 Å². The first-order chi connectivity index (χ1) is 15.4. The average molecular weight is 506 g/mol. The van der Waals surface area contributed by atoms with E-state index >= 15 is 0 Å². The van der Waals surface area contributed by atoms with Crippen molar-refractivity contribution in [2.24, 2.45) is 0 Å². The van der Waals surface area contributed by atoms with E-state index in [1.807, 2.05) is 36.4 Å². The van der Waals surface area contributed by atoms with Crippen LogP contribution in [0.1, 0.15) is 0 Å². The van der Waals surface area contributed by atoms with Crippen LogP contribution in [0.3, 0.4) is 0 Å². The largest absolute Gasteiger partial charge is 0.423 e. The molecule has 0 amide bonds. The molecule has 0 fully saturated rings. The van der Waals surface area contributed by atoms with Gasteiger partial charge in [0.1, 0.15) is 11.5 Å². The Morgan fingerprint density at radius 1 is 0.500 bits per heavy atom. The molecule has 0 aliphatic rings. The summed E-state index contributed by atoms with van der Waals surface area (Å²) in [6.07, 6.45) is 0. The molecular formula is C20H8Cl4N6O2. The first-order valence-electron chi connectivity index (χ1n) is 8.90. The van der Waals surface area contributed by atoms with Crippen molar-refractivity contribution in [2.75, 3.05) is 0 Å². The van der Waals surface area contributed by atoms with Crippen LogP contribution in [0.2, 0.25) is 21.1 Å². The van der Waals surface area contributed by atoms with Crippen molar-refractivity contribution in [1.29, 1.82) is 0 Å². The van der Waals surface area contributed by atoms with Crippen LogP contribution in [0.15, 0.2) is 48.5 Å². The zero-order valence-electron chi connectivity index (χ0n) is 15.6. The van der Waals surface area contributed by atoms with Crippen LogP contribution in [0.5, 0.6) is 23.5 Å². The van der Waals surface area contributed by atoms with Crippen LogP contribution in [-0.2, 0) is 0 Å². The molecule has 0 aliphatic heterocycles. The SMILES string of the molecule is Clc1nc(Cl)nc(Oc2cccc3cc4cccc(Oc5nc(Cl)nc(Cl)n5)c4cc23)n1.